The van der Waals surface area contributed by atoms with Crippen molar-refractivity contribution in [3.05, 3.63) is 70.8 Å². The first-order chi connectivity index (χ1) is 18.0. The molecule has 4 heteroatoms. The van der Waals surface area contributed by atoms with Gasteiger partial charge in [-0.1, -0.05) is 93.3 Å². The van der Waals surface area contributed by atoms with Gasteiger partial charge in [-0.15, -0.1) is 0 Å². The SMILES string of the molecule is CC.CCCCC1CN(C(c2ccc(C)cc2)c2ccc(C)cc2)CCN1C.O=CCC1CCNCC1. The van der Waals surface area contributed by atoms with Gasteiger partial charge in [0.2, 0.25) is 0 Å². The van der Waals surface area contributed by atoms with Crippen LogP contribution in [0.5, 0.6) is 0 Å². The fraction of sp³-hybridized carbons (Fsp3) is 0.606. The predicted octanol–water partition coefficient (Wildman–Crippen LogP) is 6.80. The maximum absolute atomic E-state index is 10.1. The highest BCUT2D eigenvalue weighted by molar-refractivity contribution is 5.49. The van der Waals surface area contributed by atoms with Gasteiger partial charge in [0, 0.05) is 32.1 Å². The summed E-state index contributed by atoms with van der Waals surface area (Å²) in [5, 5.41) is 3.26. The highest BCUT2D eigenvalue weighted by Crippen LogP contribution is 2.31. The quantitative estimate of drug-likeness (QED) is 0.399. The van der Waals surface area contributed by atoms with Crippen LogP contribution in [0, 0.1) is 19.8 Å². The minimum atomic E-state index is 0.356. The second-order valence-corrected chi connectivity index (χ2v) is 10.6. The Bertz CT molecular complexity index is 813. The lowest BCUT2D eigenvalue weighted by Gasteiger charge is -2.43. The van der Waals surface area contributed by atoms with Crippen molar-refractivity contribution in [2.45, 2.75) is 85.2 Å². The molecule has 2 aromatic rings. The zero-order valence-corrected chi connectivity index (χ0v) is 24.5. The Balaban J connectivity index is 0.000000367. The summed E-state index contributed by atoms with van der Waals surface area (Å²) in [5.74, 6) is 0.670. The Morgan fingerprint density at radius 3 is 1.95 bits per heavy atom. The number of hydrogen-bond acceptors (Lipinski definition) is 4. The molecule has 1 unspecified atom stereocenters. The highest BCUT2D eigenvalue weighted by Gasteiger charge is 2.30. The number of rotatable bonds is 8. The third kappa shape index (κ3) is 10.3. The minimum absolute atomic E-state index is 0.356. The molecule has 0 bridgehead atoms. The summed E-state index contributed by atoms with van der Waals surface area (Å²) in [7, 11) is 2.30. The minimum Gasteiger partial charge on any atom is -0.317 e. The van der Waals surface area contributed by atoms with Crippen LogP contribution < -0.4 is 5.32 Å². The number of nitrogens with zero attached hydrogens (tertiary/aromatic N) is 2. The summed E-state index contributed by atoms with van der Waals surface area (Å²) < 4.78 is 0. The van der Waals surface area contributed by atoms with E-state index in [0.29, 0.717) is 18.0 Å². The third-order valence-corrected chi connectivity index (χ3v) is 7.74. The number of piperidine rings is 1. The highest BCUT2D eigenvalue weighted by atomic mass is 16.1. The summed E-state index contributed by atoms with van der Waals surface area (Å²) in [4.78, 5) is 15.3. The van der Waals surface area contributed by atoms with Crippen LogP contribution in [0.25, 0.3) is 0 Å². The van der Waals surface area contributed by atoms with Gasteiger partial charge in [-0.25, -0.2) is 0 Å². The molecular weight excluding hydrogens is 454 g/mol. The van der Waals surface area contributed by atoms with Crippen LogP contribution in [0.1, 0.15) is 87.6 Å². The van der Waals surface area contributed by atoms with Crippen LogP contribution in [-0.4, -0.2) is 61.9 Å². The topological polar surface area (TPSA) is 35.6 Å². The molecular formula is C33H53N3O. The number of aryl methyl sites for hydroxylation is 2. The van der Waals surface area contributed by atoms with Crippen LogP contribution in [-0.2, 0) is 4.79 Å². The van der Waals surface area contributed by atoms with E-state index in [1.54, 1.807) is 0 Å². The van der Waals surface area contributed by atoms with Crippen molar-refractivity contribution in [2.75, 3.05) is 39.8 Å². The number of carbonyl (C=O) groups excluding carboxylic acids is 1. The van der Waals surface area contributed by atoms with Gasteiger partial charge in [0.25, 0.3) is 0 Å². The van der Waals surface area contributed by atoms with E-state index in [-0.39, 0.29) is 0 Å². The maximum atomic E-state index is 10.1. The Hall–Kier alpha value is -2.01. The van der Waals surface area contributed by atoms with Crippen molar-refractivity contribution < 1.29 is 4.79 Å². The number of carbonyl (C=O) groups is 1. The van der Waals surface area contributed by atoms with E-state index in [2.05, 4.69) is 91.5 Å². The van der Waals surface area contributed by atoms with Gasteiger partial charge in [-0.3, -0.25) is 4.90 Å². The lowest BCUT2D eigenvalue weighted by molar-refractivity contribution is -0.108. The molecule has 206 valence electrons. The van der Waals surface area contributed by atoms with Crippen molar-refractivity contribution in [3.63, 3.8) is 0 Å². The van der Waals surface area contributed by atoms with E-state index in [1.165, 1.54) is 54.4 Å². The second-order valence-electron chi connectivity index (χ2n) is 10.6. The zero-order chi connectivity index (χ0) is 27.0. The van der Waals surface area contributed by atoms with Crippen LogP contribution in [0.4, 0.5) is 0 Å². The molecule has 0 amide bonds. The van der Waals surface area contributed by atoms with E-state index in [4.69, 9.17) is 0 Å². The fourth-order valence-corrected chi connectivity index (χ4v) is 5.32. The van der Waals surface area contributed by atoms with Gasteiger partial charge in [0.15, 0.2) is 0 Å². The lowest BCUT2D eigenvalue weighted by Crippen LogP contribution is -2.52. The Kier molecular flexibility index (Phi) is 14.8. The van der Waals surface area contributed by atoms with Gasteiger partial charge in [-0.2, -0.15) is 0 Å². The molecule has 2 heterocycles. The molecule has 37 heavy (non-hydrogen) atoms. The Labute approximate surface area is 227 Å². The fourth-order valence-electron chi connectivity index (χ4n) is 5.32. The lowest BCUT2D eigenvalue weighted by atomic mass is 9.93. The standard InChI is InChI=1S/C24H34N2.C7H13NO.C2H6/c1-5-6-7-23-18-26(17-16-25(23)4)24(21-12-8-19(2)9-13-21)22-14-10-20(3)11-15-22;9-6-3-7-1-4-8-5-2-7;1-2/h8-15,23-24H,5-7,16-18H2,1-4H3;6-8H,1-5H2;1-2H3. The van der Waals surface area contributed by atoms with Crippen LogP contribution in [0.15, 0.2) is 48.5 Å². The second kappa shape index (κ2) is 17.5. The molecule has 2 saturated heterocycles. The predicted molar refractivity (Wildman–Crippen MR) is 159 cm³/mol. The number of unbranched alkanes of at least 4 members (excludes halogenated alkanes) is 1. The van der Waals surface area contributed by atoms with Crippen molar-refractivity contribution in [1.82, 2.24) is 15.1 Å². The van der Waals surface area contributed by atoms with Crippen molar-refractivity contribution >= 4 is 6.29 Å². The molecule has 2 aliphatic rings. The average molecular weight is 508 g/mol. The van der Waals surface area contributed by atoms with Crippen molar-refractivity contribution in [1.29, 1.82) is 0 Å². The summed E-state index contributed by atoms with van der Waals surface area (Å²) in [6, 6.07) is 19.3. The molecule has 0 radical (unpaired) electrons. The number of nitrogens with one attached hydrogen (secondary N) is 1. The molecule has 4 nitrogen and oxygen atoms in total. The van der Waals surface area contributed by atoms with Gasteiger partial charge >= 0.3 is 0 Å². The number of benzene rings is 2. The first-order valence-electron chi connectivity index (χ1n) is 14.7. The van der Waals surface area contributed by atoms with E-state index < -0.39 is 0 Å². The van der Waals surface area contributed by atoms with E-state index in [1.807, 2.05) is 13.8 Å². The molecule has 0 saturated carbocycles. The average Bonchev–Trinajstić information content (AvgIpc) is 2.93. The van der Waals surface area contributed by atoms with Crippen molar-refractivity contribution in [3.8, 4) is 0 Å². The van der Waals surface area contributed by atoms with Gasteiger partial charge in [-0.05, 0) is 70.3 Å². The summed E-state index contributed by atoms with van der Waals surface area (Å²) in [6.45, 7) is 16.3. The largest absolute Gasteiger partial charge is 0.317 e. The normalized spacial score (nSPS) is 18.9. The molecule has 1 N–H and O–H groups in total. The number of hydrogen-bond donors (Lipinski definition) is 1. The van der Waals surface area contributed by atoms with Crippen LogP contribution >= 0.6 is 0 Å². The molecule has 2 fully saturated rings. The maximum Gasteiger partial charge on any atom is 0.120 e. The first-order valence-corrected chi connectivity index (χ1v) is 14.7. The number of aldehydes is 1. The monoisotopic (exact) mass is 507 g/mol. The molecule has 2 aliphatic heterocycles. The van der Waals surface area contributed by atoms with E-state index in [0.717, 1.165) is 45.4 Å². The van der Waals surface area contributed by atoms with Gasteiger partial charge < -0.3 is 15.0 Å². The first kappa shape index (κ1) is 31.2. The molecule has 1 atom stereocenters. The van der Waals surface area contributed by atoms with Crippen molar-refractivity contribution in [2.24, 2.45) is 5.92 Å². The van der Waals surface area contributed by atoms with Gasteiger partial charge in [0.05, 0.1) is 6.04 Å². The molecule has 0 aromatic heterocycles. The van der Waals surface area contributed by atoms with Gasteiger partial charge in [0.1, 0.15) is 6.29 Å². The van der Waals surface area contributed by atoms with E-state index >= 15 is 0 Å². The Morgan fingerprint density at radius 1 is 0.919 bits per heavy atom. The summed E-state index contributed by atoms with van der Waals surface area (Å²) in [5.41, 5.74) is 5.49. The van der Waals surface area contributed by atoms with Crippen LogP contribution in [0.3, 0.4) is 0 Å². The van der Waals surface area contributed by atoms with Crippen LogP contribution in [0.2, 0.25) is 0 Å². The summed E-state index contributed by atoms with van der Waals surface area (Å²) >= 11 is 0. The smallest absolute Gasteiger partial charge is 0.120 e. The molecule has 0 spiro atoms. The summed E-state index contributed by atoms with van der Waals surface area (Å²) in [6.07, 6.45) is 8.07. The van der Waals surface area contributed by atoms with E-state index in [9.17, 15) is 4.79 Å². The molecule has 4 rings (SSSR count). The number of likely N-dealkylation sites (N-methyl/N-ethyl adjacent to an activating group) is 1. The zero-order valence-electron chi connectivity index (χ0n) is 24.5. The molecule has 0 aliphatic carbocycles. The number of piperazine rings is 1. The Morgan fingerprint density at radius 2 is 1.46 bits per heavy atom. The molecule has 2 aromatic carbocycles. The third-order valence-electron chi connectivity index (χ3n) is 7.74.